The van der Waals surface area contributed by atoms with Crippen molar-refractivity contribution in [3.8, 4) is 0 Å². The van der Waals surface area contributed by atoms with Crippen LogP contribution < -0.4 is 5.32 Å². The topological polar surface area (TPSA) is 65.1 Å². The van der Waals surface area contributed by atoms with Crippen molar-refractivity contribution in [1.29, 1.82) is 0 Å². The molecule has 0 bridgehead atoms. The number of aromatic nitrogens is 1. The molecule has 0 saturated carbocycles. The number of rotatable bonds is 5. The van der Waals surface area contributed by atoms with Crippen molar-refractivity contribution in [3.63, 3.8) is 0 Å². The first-order chi connectivity index (χ1) is 10.7. The summed E-state index contributed by atoms with van der Waals surface area (Å²) in [6, 6.07) is 14.1. The fraction of sp³-hybridized carbons (Fsp3) is 0.278. The summed E-state index contributed by atoms with van der Waals surface area (Å²) in [5.41, 5.74) is 1.54. The summed E-state index contributed by atoms with van der Waals surface area (Å²) >= 11 is 0. The number of aliphatic hydroxyl groups excluding tert-OH is 1. The number of benzene rings is 2. The van der Waals surface area contributed by atoms with Crippen LogP contribution in [0.5, 0.6) is 0 Å². The molecule has 2 aromatic carbocycles. The third kappa shape index (κ3) is 2.83. The summed E-state index contributed by atoms with van der Waals surface area (Å²) in [7, 11) is 0. The van der Waals surface area contributed by atoms with Gasteiger partial charge >= 0.3 is 0 Å². The van der Waals surface area contributed by atoms with Crippen LogP contribution in [0.4, 0.5) is 0 Å². The van der Waals surface area contributed by atoms with Crippen LogP contribution >= 0.6 is 0 Å². The molecule has 114 valence electrons. The highest BCUT2D eigenvalue weighted by molar-refractivity contribution is 6.09. The SMILES string of the molecule is CC(CCO)CNC(=O)c1cc2c(ccc3ccccc32)[nH]1. The fourth-order valence-corrected chi connectivity index (χ4v) is 2.69. The van der Waals surface area contributed by atoms with Gasteiger partial charge in [0.1, 0.15) is 5.69 Å². The van der Waals surface area contributed by atoms with Gasteiger partial charge < -0.3 is 15.4 Å². The fourth-order valence-electron chi connectivity index (χ4n) is 2.69. The Labute approximate surface area is 129 Å². The van der Waals surface area contributed by atoms with Crippen LogP contribution in [0.2, 0.25) is 0 Å². The second-order valence-corrected chi connectivity index (χ2v) is 5.76. The van der Waals surface area contributed by atoms with Crippen molar-refractivity contribution in [3.05, 3.63) is 48.2 Å². The molecule has 1 heterocycles. The summed E-state index contributed by atoms with van der Waals surface area (Å²) in [6.07, 6.45) is 0.692. The molecule has 4 heteroatoms. The first kappa shape index (κ1) is 14.6. The summed E-state index contributed by atoms with van der Waals surface area (Å²) in [4.78, 5) is 15.4. The first-order valence-electron chi connectivity index (χ1n) is 7.58. The van der Waals surface area contributed by atoms with Crippen LogP contribution in [0.3, 0.4) is 0 Å². The van der Waals surface area contributed by atoms with E-state index in [-0.39, 0.29) is 18.4 Å². The molecule has 1 atom stereocenters. The minimum atomic E-state index is -0.106. The molecular weight excluding hydrogens is 276 g/mol. The minimum absolute atomic E-state index is 0.106. The summed E-state index contributed by atoms with van der Waals surface area (Å²) < 4.78 is 0. The van der Waals surface area contributed by atoms with Crippen LogP contribution in [0, 0.1) is 5.92 Å². The van der Waals surface area contributed by atoms with Crippen LogP contribution in [0.1, 0.15) is 23.8 Å². The lowest BCUT2D eigenvalue weighted by Gasteiger charge is -2.10. The average Bonchev–Trinajstić information content (AvgIpc) is 2.97. The summed E-state index contributed by atoms with van der Waals surface area (Å²) in [5, 5.41) is 15.2. The molecule has 3 rings (SSSR count). The van der Waals surface area contributed by atoms with Gasteiger partial charge in [0.25, 0.3) is 5.91 Å². The number of nitrogens with one attached hydrogen (secondary N) is 2. The lowest BCUT2D eigenvalue weighted by Crippen LogP contribution is -2.28. The van der Waals surface area contributed by atoms with E-state index in [9.17, 15) is 4.79 Å². The standard InChI is InChI=1S/C18H20N2O2/c1-12(8-9-21)11-19-18(22)17-10-15-14-5-3-2-4-13(14)6-7-16(15)20-17/h2-7,10,12,20-21H,8-9,11H2,1H3,(H,19,22). The average molecular weight is 296 g/mol. The smallest absolute Gasteiger partial charge is 0.267 e. The molecule has 0 saturated heterocycles. The molecule has 1 unspecified atom stereocenters. The Morgan fingerprint density at radius 1 is 1.23 bits per heavy atom. The number of aromatic amines is 1. The predicted molar refractivity (Wildman–Crippen MR) is 89.0 cm³/mol. The Bertz CT molecular complexity index is 807. The second-order valence-electron chi connectivity index (χ2n) is 5.76. The van der Waals surface area contributed by atoms with E-state index in [0.717, 1.165) is 21.7 Å². The molecule has 4 nitrogen and oxygen atoms in total. The van der Waals surface area contributed by atoms with Crippen molar-refractivity contribution >= 4 is 27.6 Å². The predicted octanol–water partition coefficient (Wildman–Crippen LogP) is 3.07. The first-order valence-corrected chi connectivity index (χ1v) is 7.58. The molecule has 0 aliphatic rings. The van der Waals surface area contributed by atoms with Crippen molar-refractivity contribution in [2.45, 2.75) is 13.3 Å². The monoisotopic (exact) mass is 296 g/mol. The lowest BCUT2D eigenvalue weighted by atomic mass is 10.1. The quantitative estimate of drug-likeness (QED) is 0.677. The number of aliphatic hydroxyl groups is 1. The van der Waals surface area contributed by atoms with E-state index in [1.807, 2.05) is 31.2 Å². The van der Waals surface area contributed by atoms with Crippen LogP contribution in [0.15, 0.2) is 42.5 Å². The van der Waals surface area contributed by atoms with E-state index in [1.165, 1.54) is 0 Å². The number of fused-ring (bicyclic) bond motifs is 3. The molecule has 3 aromatic rings. The molecule has 0 fully saturated rings. The second kappa shape index (κ2) is 6.20. The van der Waals surface area contributed by atoms with Crippen molar-refractivity contribution in [1.82, 2.24) is 10.3 Å². The van der Waals surface area contributed by atoms with Gasteiger partial charge in [0.15, 0.2) is 0 Å². The number of hydrogen-bond acceptors (Lipinski definition) is 2. The van der Waals surface area contributed by atoms with Crippen LogP contribution in [-0.2, 0) is 0 Å². The van der Waals surface area contributed by atoms with Crippen LogP contribution in [-0.4, -0.2) is 29.1 Å². The van der Waals surface area contributed by atoms with E-state index in [1.54, 1.807) is 0 Å². The number of hydrogen-bond donors (Lipinski definition) is 3. The van der Waals surface area contributed by atoms with E-state index < -0.39 is 0 Å². The van der Waals surface area contributed by atoms with Crippen molar-refractivity contribution in [2.24, 2.45) is 5.92 Å². The van der Waals surface area contributed by atoms with Gasteiger partial charge in [-0.2, -0.15) is 0 Å². The maximum absolute atomic E-state index is 12.3. The van der Waals surface area contributed by atoms with Gasteiger partial charge in [-0.15, -0.1) is 0 Å². The number of carbonyl (C=O) groups excluding carboxylic acids is 1. The van der Waals surface area contributed by atoms with Gasteiger partial charge in [-0.25, -0.2) is 0 Å². The molecule has 0 aliphatic heterocycles. The molecule has 0 radical (unpaired) electrons. The molecule has 1 amide bonds. The number of carbonyl (C=O) groups is 1. The maximum Gasteiger partial charge on any atom is 0.267 e. The van der Waals surface area contributed by atoms with Crippen molar-refractivity contribution in [2.75, 3.05) is 13.2 Å². The van der Waals surface area contributed by atoms with Gasteiger partial charge in [0.2, 0.25) is 0 Å². The molecular formula is C18H20N2O2. The normalized spacial score (nSPS) is 12.6. The van der Waals surface area contributed by atoms with E-state index in [2.05, 4.69) is 28.5 Å². The van der Waals surface area contributed by atoms with Gasteiger partial charge in [-0.3, -0.25) is 4.79 Å². The number of amides is 1. The Hall–Kier alpha value is -2.33. The lowest BCUT2D eigenvalue weighted by molar-refractivity contribution is 0.0941. The number of H-pyrrole nitrogens is 1. The zero-order valence-corrected chi connectivity index (χ0v) is 12.6. The largest absolute Gasteiger partial charge is 0.396 e. The van der Waals surface area contributed by atoms with E-state index in [4.69, 9.17) is 5.11 Å². The van der Waals surface area contributed by atoms with E-state index in [0.29, 0.717) is 18.7 Å². The summed E-state index contributed by atoms with van der Waals surface area (Å²) in [5.74, 6) is 0.157. The Morgan fingerprint density at radius 3 is 2.86 bits per heavy atom. The molecule has 1 aromatic heterocycles. The zero-order valence-electron chi connectivity index (χ0n) is 12.6. The molecule has 0 spiro atoms. The minimum Gasteiger partial charge on any atom is -0.396 e. The molecule has 3 N–H and O–H groups in total. The van der Waals surface area contributed by atoms with Gasteiger partial charge in [0.05, 0.1) is 0 Å². The Morgan fingerprint density at radius 2 is 2.05 bits per heavy atom. The third-order valence-electron chi connectivity index (χ3n) is 4.01. The highest BCUT2D eigenvalue weighted by Gasteiger charge is 2.12. The zero-order chi connectivity index (χ0) is 15.5. The Balaban J connectivity index is 1.85. The molecule has 0 aliphatic carbocycles. The van der Waals surface area contributed by atoms with Gasteiger partial charge in [0, 0.05) is 24.1 Å². The Kier molecular flexibility index (Phi) is 4.11. The van der Waals surface area contributed by atoms with Gasteiger partial charge in [-0.05, 0) is 35.2 Å². The maximum atomic E-state index is 12.3. The van der Waals surface area contributed by atoms with Crippen LogP contribution in [0.25, 0.3) is 21.7 Å². The third-order valence-corrected chi connectivity index (χ3v) is 4.01. The van der Waals surface area contributed by atoms with E-state index >= 15 is 0 Å². The molecule has 22 heavy (non-hydrogen) atoms. The summed E-state index contributed by atoms with van der Waals surface area (Å²) in [6.45, 7) is 2.72. The highest BCUT2D eigenvalue weighted by atomic mass is 16.3. The highest BCUT2D eigenvalue weighted by Crippen LogP contribution is 2.25. The van der Waals surface area contributed by atoms with Gasteiger partial charge in [-0.1, -0.05) is 37.3 Å². The van der Waals surface area contributed by atoms with Crippen molar-refractivity contribution < 1.29 is 9.90 Å².